The number of fused-ring (bicyclic) bond motifs is 2. The molecular weight excluding hydrogens is 242 g/mol. The zero-order valence-electron chi connectivity index (χ0n) is 10.7. The van der Waals surface area contributed by atoms with Gasteiger partial charge in [-0.3, -0.25) is 4.79 Å². The van der Waals surface area contributed by atoms with Crippen LogP contribution in [-0.4, -0.2) is 34.5 Å². The second-order valence-electron chi connectivity index (χ2n) is 5.11. The Balaban J connectivity index is 2.16. The van der Waals surface area contributed by atoms with E-state index in [1.807, 2.05) is 0 Å². The molecule has 98 valence electrons. The fraction of sp³-hybridized carbons (Fsp3) is 0.429. The van der Waals surface area contributed by atoms with E-state index in [2.05, 4.69) is 11.4 Å². The molecule has 2 N–H and O–H groups in total. The summed E-state index contributed by atoms with van der Waals surface area (Å²) in [7, 11) is 0. The average Bonchev–Trinajstić information content (AvgIpc) is 2.85. The van der Waals surface area contributed by atoms with Crippen molar-refractivity contribution in [2.24, 2.45) is 0 Å². The third-order valence-electron chi connectivity index (χ3n) is 3.99. The van der Waals surface area contributed by atoms with Gasteiger partial charge >= 0.3 is 0 Å². The summed E-state index contributed by atoms with van der Waals surface area (Å²) in [6.07, 6.45) is 1.74. The Bertz CT molecular complexity index is 591. The minimum absolute atomic E-state index is 0.0623. The summed E-state index contributed by atoms with van der Waals surface area (Å²) >= 11 is 0. The normalized spacial score (nSPS) is 25.1. The molecule has 5 heteroatoms. The van der Waals surface area contributed by atoms with Crippen molar-refractivity contribution < 1.29 is 9.90 Å². The third-order valence-corrected chi connectivity index (χ3v) is 3.99. The predicted molar refractivity (Wildman–Crippen MR) is 69.9 cm³/mol. The van der Waals surface area contributed by atoms with Gasteiger partial charge in [0.25, 0.3) is 5.91 Å². The molecule has 5 nitrogen and oxygen atoms in total. The number of benzene rings is 1. The van der Waals surface area contributed by atoms with Crippen LogP contribution in [-0.2, 0) is 0 Å². The maximum absolute atomic E-state index is 12.5. The number of hydrogen-bond donors (Lipinski definition) is 2. The summed E-state index contributed by atoms with van der Waals surface area (Å²) < 4.78 is 0. The first kappa shape index (κ1) is 11.8. The summed E-state index contributed by atoms with van der Waals surface area (Å²) in [4.78, 5) is 14.3. The van der Waals surface area contributed by atoms with Crippen LogP contribution in [0.2, 0.25) is 0 Å². The number of aromatic hydroxyl groups is 1. The van der Waals surface area contributed by atoms with Gasteiger partial charge in [-0.25, -0.2) is 0 Å². The number of carbonyl (C=O) groups excluding carboxylic acids is 1. The van der Waals surface area contributed by atoms with E-state index in [4.69, 9.17) is 0 Å². The molecule has 0 aliphatic carbocycles. The van der Waals surface area contributed by atoms with E-state index in [1.54, 1.807) is 24.0 Å². The number of anilines is 1. The lowest BCUT2D eigenvalue weighted by Crippen LogP contribution is -2.42. The maximum Gasteiger partial charge on any atom is 0.256 e. The Kier molecular flexibility index (Phi) is 2.59. The fourth-order valence-corrected chi connectivity index (χ4v) is 2.94. The number of phenols is 1. The van der Waals surface area contributed by atoms with Crippen LogP contribution in [0.1, 0.15) is 28.8 Å². The molecule has 2 aliphatic rings. The number of rotatable bonds is 0. The van der Waals surface area contributed by atoms with Gasteiger partial charge < -0.3 is 15.3 Å². The van der Waals surface area contributed by atoms with Crippen LogP contribution in [0, 0.1) is 18.3 Å². The lowest BCUT2D eigenvalue weighted by Gasteiger charge is -2.24. The molecular formula is C14H15N3O2. The average molecular weight is 257 g/mol. The minimum atomic E-state index is -0.472. The molecule has 2 atom stereocenters. The van der Waals surface area contributed by atoms with E-state index in [0.29, 0.717) is 23.4 Å². The molecule has 1 fully saturated rings. The van der Waals surface area contributed by atoms with Crippen LogP contribution in [0.5, 0.6) is 5.75 Å². The highest BCUT2D eigenvalue weighted by atomic mass is 16.3. The Labute approximate surface area is 111 Å². The van der Waals surface area contributed by atoms with Gasteiger partial charge in [0.2, 0.25) is 0 Å². The number of aryl methyl sites for hydroxylation is 1. The van der Waals surface area contributed by atoms with Crippen molar-refractivity contribution in [2.75, 3.05) is 11.9 Å². The summed E-state index contributed by atoms with van der Waals surface area (Å²) in [5.41, 5.74) is 1.54. The molecule has 1 saturated heterocycles. The van der Waals surface area contributed by atoms with E-state index in [1.165, 1.54) is 0 Å². The summed E-state index contributed by atoms with van der Waals surface area (Å²) in [6.45, 7) is 2.45. The standard InChI is InChI=1S/C14H15N3O2/c1-8-4-5-9-12(13(8)18)16-10(7-15)11-3-2-6-17(11)14(9)19/h4-5,10-11,16,18H,2-3,6H2,1H3/t10-,11+/m1/s1. The number of carbonyl (C=O) groups is 1. The van der Waals surface area contributed by atoms with Crippen molar-refractivity contribution >= 4 is 11.6 Å². The Hall–Kier alpha value is -2.22. The highest BCUT2D eigenvalue weighted by molar-refractivity contribution is 6.02. The van der Waals surface area contributed by atoms with Crippen molar-refractivity contribution in [3.8, 4) is 11.8 Å². The zero-order valence-corrected chi connectivity index (χ0v) is 10.7. The molecule has 2 heterocycles. The van der Waals surface area contributed by atoms with Crippen molar-refractivity contribution in [3.05, 3.63) is 23.3 Å². The first-order valence-corrected chi connectivity index (χ1v) is 6.43. The van der Waals surface area contributed by atoms with Gasteiger partial charge in [-0.1, -0.05) is 6.07 Å². The van der Waals surface area contributed by atoms with Crippen molar-refractivity contribution in [1.29, 1.82) is 5.26 Å². The zero-order chi connectivity index (χ0) is 13.6. The molecule has 1 amide bonds. The summed E-state index contributed by atoms with van der Waals surface area (Å²) in [5, 5.41) is 22.5. The fourth-order valence-electron chi connectivity index (χ4n) is 2.94. The second kappa shape index (κ2) is 4.16. The topological polar surface area (TPSA) is 76.4 Å². The first-order chi connectivity index (χ1) is 9.13. The number of amides is 1. The van der Waals surface area contributed by atoms with Crippen molar-refractivity contribution in [2.45, 2.75) is 31.8 Å². The maximum atomic E-state index is 12.5. The molecule has 0 aromatic heterocycles. The summed E-state index contributed by atoms with van der Waals surface area (Å²) in [6, 6.07) is 5.07. The van der Waals surface area contributed by atoms with E-state index >= 15 is 0 Å². The number of nitrogens with one attached hydrogen (secondary N) is 1. The number of hydrogen-bond acceptors (Lipinski definition) is 4. The van der Waals surface area contributed by atoms with Gasteiger partial charge in [-0.2, -0.15) is 5.26 Å². The van der Waals surface area contributed by atoms with Crippen LogP contribution in [0.25, 0.3) is 0 Å². The molecule has 3 rings (SSSR count). The molecule has 0 bridgehead atoms. The van der Waals surface area contributed by atoms with Gasteiger partial charge in [0.1, 0.15) is 11.8 Å². The first-order valence-electron chi connectivity index (χ1n) is 6.43. The summed E-state index contributed by atoms with van der Waals surface area (Å²) in [5.74, 6) is -0.0367. The van der Waals surface area contributed by atoms with Gasteiger partial charge in [-0.15, -0.1) is 0 Å². The smallest absolute Gasteiger partial charge is 0.256 e. The van der Waals surface area contributed by atoms with Crippen LogP contribution in [0.15, 0.2) is 12.1 Å². The number of nitriles is 1. The highest BCUT2D eigenvalue weighted by Gasteiger charge is 2.40. The number of nitrogens with zero attached hydrogens (tertiary/aromatic N) is 2. The number of phenolic OH excluding ortho intramolecular Hbond substituents is 1. The third kappa shape index (κ3) is 1.64. The minimum Gasteiger partial charge on any atom is -0.505 e. The molecule has 0 spiro atoms. The van der Waals surface area contributed by atoms with E-state index in [0.717, 1.165) is 12.8 Å². The van der Waals surface area contributed by atoms with Gasteiger partial charge in [0.15, 0.2) is 0 Å². The van der Waals surface area contributed by atoms with Gasteiger partial charge in [0.05, 0.1) is 23.4 Å². The Morgan fingerprint density at radius 1 is 1.53 bits per heavy atom. The molecule has 0 unspecified atom stereocenters. The molecule has 0 saturated carbocycles. The highest BCUT2D eigenvalue weighted by Crippen LogP contribution is 2.37. The van der Waals surface area contributed by atoms with Crippen LogP contribution in [0.3, 0.4) is 0 Å². The largest absolute Gasteiger partial charge is 0.505 e. The van der Waals surface area contributed by atoms with Gasteiger partial charge in [-0.05, 0) is 31.4 Å². The quantitative estimate of drug-likeness (QED) is 0.692. The Morgan fingerprint density at radius 2 is 2.32 bits per heavy atom. The monoisotopic (exact) mass is 257 g/mol. The van der Waals surface area contributed by atoms with Crippen LogP contribution < -0.4 is 5.32 Å². The van der Waals surface area contributed by atoms with Crippen molar-refractivity contribution in [1.82, 2.24) is 4.90 Å². The van der Waals surface area contributed by atoms with Crippen LogP contribution >= 0.6 is 0 Å². The van der Waals surface area contributed by atoms with Crippen molar-refractivity contribution in [3.63, 3.8) is 0 Å². The lowest BCUT2D eigenvalue weighted by molar-refractivity contribution is 0.0740. The molecule has 0 radical (unpaired) electrons. The second-order valence-corrected chi connectivity index (χ2v) is 5.11. The predicted octanol–water partition coefficient (Wildman–Crippen LogP) is 1.62. The van der Waals surface area contributed by atoms with Gasteiger partial charge in [0, 0.05) is 6.54 Å². The SMILES string of the molecule is Cc1ccc2c(c1O)N[C@H](C#N)[C@@H]1CCCN1C2=O. The molecule has 19 heavy (non-hydrogen) atoms. The van der Waals surface area contributed by atoms with E-state index in [-0.39, 0.29) is 17.7 Å². The molecule has 1 aromatic rings. The molecule has 2 aliphatic heterocycles. The van der Waals surface area contributed by atoms with E-state index < -0.39 is 6.04 Å². The molecule has 1 aromatic carbocycles. The lowest BCUT2D eigenvalue weighted by atomic mass is 10.1. The van der Waals surface area contributed by atoms with E-state index in [9.17, 15) is 15.2 Å². The Morgan fingerprint density at radius 3 is 3.05 bits per heavy atom. The van der Waals surface area contributed by atoms with Crippen LogP contribution in [0.4, 0.5) is 5.69 Å².